The van der Waals surface area contributed by atoms with Crippen LogP contribution in [-0.2, 0) is 13.0 Å². The van der Waals surface area contributed by atoms with Gasteiger partial charge in [0.2, 0.25) is 0 Å². The third-order valence-corrected chi connectivity index (χ3v) is 3.46. The van der Waals surface area contributed by atoms with E-state index in [1.165, 1.54) is 5.56 Å². The molecule has 0 bridgehead atoms. The van der Waals surface area contributed by atoms with Crippen LogP contribution >= 0.6 is 0 Å². The molecule has 0 atom stereocenters. The van der Waals surface area contributed by atoms with Gasteiger partial charge in [-0.25, -0.2) is 4.98 Å². The summed E-state index contributed by atoms with van der Waals surface area (Å²) < 4.78 is 5.44. The van der Waals surface area contributed by atoms with E-state index in [1.807, 2.05) is 38.4 Å². The molecule has 0 saturated heterocycles. The predicted octanol–water partition coefficient (Wildman–Crippen LogP) is 3.14. The van der Waals surface area contributed by atoms with Gasteiger partial charge in [0.15, 0.2) is 0 Å². The average Bonchev–Trinajstić information content (AvgIpc) is 2.54. The number of anilines is 2. The molecule has 112 valence electrons. The summed E-state index contributed by atoms with van der Waals surface area (Å²) in [6.45, 7) is 2.96. The van der Waals surface area contributed by atoms with E-state index in [4.69, 9.17) is 9.72 Å². The number of nitrogens with one attached hydrogen (secondary N) is 1. The molecule has 1 heterocycles. The molecule has 0 amide bonds. The summed E-state index contributed by atoms with van der Waals surface area (Å²) in [5, 5.41) is 3.19. The van der Waals surface area contributed by atoms with Crippen molar-refractivity contribution in [2.24, 2.45) is 0 Å². The summed E-state index contributed by atoms with van der Waals surface area (Å²) in [6.07, 6.45) is 0.921. The third kappa shape index (κ3) is 3.52. The molecular formula is C17H23N3O. The van der Waals surface area contributed by atoms with E-state index in [9.17, 15) is 0 Å². The fraction of sp³-hybridized carbons (Fsp3) is 0.353. The predicted molar refractivity (Wildman–Crippen MR) is 87.4 cm³/mol. The van der Waals surface area contributed by atoms with Crippen LogP contribution in [-0.4, -0.2) is 26.2 Å². The molecule has 4 nitrogen and oxygen atoms in total. The Kier molecular flexibility index (Phi) is 5.17. The molecule has 1 aromatic carbocycles. The second kappa shape index (κ2) is 7.09. The van der Waals surface area contributed by atoms with Crippen molar-refractivity contribution in [1.29, 1.82) is 0 Å². The molecule has 0 fully saturated rings. The van der Waals surface area contributed by atoms with Crippen molar-refractivity contribution < 1.29 is 4.74 Å². The first-order valence-corrected chi connectivity index (χ1v) is 7.20. The second-order valence-corrected chi connectivity index (χ2v) is 4.94. The van der Waals surface area contributed by atoms with Crippen molar-refractivity contribution >= 4 is 11.5 Å². The average molecular weight is 285 g/mol. The van der Waals surface area contributed by atoms with E-state index in [0.717, 1.165) is 35.9 Å². The lowest BCUT2D eigenvalue weighted by Crippen LogP contribution is -2.15. The maximum atomic E-state index is 5.44. The highest BCUT2D eigenvalue weighted by atomic mass is 16.5. The monoisotopic (exact) mass is 285 g/mol. The van der Waals surface area contributed by atoms with Crippen LogP contribution in [0.15, 0.2) is 36.4 Å². The largest absolute Gasteiger partial charge is 0.495 e. The highest BCUT2D eigenvalue weighted by molar-refractivity contribution is 5.66. The fourth-order valence-electron chi connectivity index (χ4n) is 2.32. The smallest absolute Gasteiger partial charge is 0.142 e. The number of benzene rings is 1. The molecule has 2 rings (SSSR count). The van der Waals surface area contributed by atoms with Crippen LogP contribution in [0.3, 0.4) is 0 Å². The molecular weight excluding hydrogens is 262 g/mol. The molecule has 0 aliphatic rings. The van der Waals surface area contributed by atoms with Gasteiger partial charge in [-0.3, -0.25) is 0 Å². The highest BCUT2D eigenvalue weighted by Crippen LogP contribution is 2.31. The third-order valence-electron chi connectivity index (χ3n) is 3.46. The fourth-order valence-corrected chi connectivity index (χ4v) is 2.32. The zero-order valence-electron chi connectivity index (χ0n) is 13.2. The van der Waals surface area contributed by atoms with Crippen molar-refractivity contribution in [3.05, 3.63) is 47.7 Å². The minimum atomic E-state index is 0.836. The van der Waals surface area contributed by atoms with Gasteiger partial charge < -0.3 is 15.0 Å². The van der Waals surface area contributed by atoms with Crippen molar-refractivity contribution in [3.63, 3.8) is 0 Å². The molecule has 0 aliphatic heterocycles. The Bertz CT molecular complexity index is 598. The van der Waals surface area contributed by atoms with Crippen LogP contribution in [0, 0.1) is 0 Å². The first-order chi connectivity index (χ1) is 10.2. The first kappa shape index (κ1) is 15.3. The van der Waals surface area contributed by atoms with Crippen LogP contribution in [0.4, 0.5) is 11.5 Å². The molecule has 4 heteroatoms. The number of para-hydroxylation sites is 2. The van der Waals surface area contributed by atoms with Gasteiger partial charge in [0.05, 0.1) is 12.8 Å². The number of aryl methyl sites for hydroxylation is 1. The quantitative estimate of drug-likeness (QED) is 0.885. The number of methoxy groups -OCH3 is 1. The Morgan fingerprint density at radius 2 is 2.00 bits per heavy atom. The first-order valence-electron chi connectivity index (χ1n) is 7.20. The second-order valence-electron chi connectivity index (χ2n) is 4.94. The molecule has 1 N–H and O–H groups in total. The van der Waals surface area contributed by atoms with Crippen molar-refractivity contribution in [2.45, 2.75) is 19.9 Å². The molecule has 2 aromatic rings. The number of nitrogens with zero attached hydrogens (tertiary/aromatic N) is 2. The van der Waals surface area contributed by atoms with Gasteiger partial charge in [0, 0.05) is 19.3 Å². The lowest BCUT2D eigenvalue weighted by molar-refractivity contribution is 0.415. The van der Waals surface area contributed by atoms with E-state index < -0.39 is 0 Å². The van der Waals surface area contributed by atoms with Gasteiger partial charge in [-0.05, 0) is 43.3 Å². The van der Waals surface area contributed by atoms with Gasteiger partial charge in [0.1, 0.15) is 11.6 Å². The Morgan fingerprint density at radius 1 is 1.24 bits per heavy atom. The minimum absolute atomic E-state index is 0.836. The van der Waals surface area contributed by atoms with Crippen LogP contribution < -0.4 is 15.0 Å². The Morgan fingerprint density at radius 3 is 2.67 bits per heavy atom. The van der Waals surface area contributed by atoms with Crippen molar-refractivity contribution in [1.82, 2.24) is 10.3 Å². The lowest BCUT2D eigenvalue weighted by Gasteiger charge is -2.22. The number of ether oxygens (including phenoxy) is 1. The van der Waals surface area contributed by atoms with Crippen LogP contribution in [0.1, 0.15) is 18.2 Å². The summed E-state index contributed by atoms with van der Waals surface area (Å²) in [6, 6.07) is 12.2. The van der Waals surface area contributed by atoms with E-state index in [-0.39, 0.29) is 0 Å². The van der Waals surface area contributed by atoms with E-state index in [1.54, 1.807) is 7.11 Å². The Balaban J connectivity index is 2.42. The van der Waals surface area contributed by atoms with Crippen molar-refractivity contribution in [3.8, 4) is 5.75 Å². The van der Waals surface area contributed by atoms with Crippen LogP contribution in [0.25, 0.3) is 0 Å². The zero-order valence-corrected chi connectivity index (χ0v) is 13.2. The summed E-state index contributed by atoms with van der Waals surface area (Å²) in [5.41, 5.74) is 3.34. The number of aromatic nitrogens is 1. The standard InChI is InChI=1S/C17H23N3O/c1-5-14-10-13(12-18-2)11-17(19-14)20(3)15-8-6-7-9-16(15)21-4/h6-11,18H,5,12H2,1-4H3. The van der Waals surface area contributed by atoms with Crippen molar-refractivity contribution in [2.75, 3.05) is 26.1 Å². The number of pyridine rings is 1. The Labute approximate surface area is 126 Å². The molecule has 0 aliphatic carbocycles. The van der Waals surface area contributed by atoms with E-state index in [2.05, 4.69) is 29.3 Å². The molecule has 21 heavy (non-hydrogen) atoms. The summed E-state index contributed by atoms with van der Waals surface area (Å²) >= 11 is 0. The van der Waals surface area contributed by atoms with Gasteiger partial charge in [-0.1, -0.05) is 19.1 Å². The lowest BCUT2D eigenvalue weighted by atomic mass is 10.2. The molecule has 0 unspecified atom stereocenters. The topological polar surface area (TPSA) is 37.4 Å². The Hall–Kier alpha value is -2.07. The van der Waals surface area contributed by atoms with E-state index in [0.29, 0.717) is 0 Å². The van der Waals surface area contributed by atoms with Gasteiger partial charge >= 0.3 is 0 Å². The SMILES string of the molecule is CCc1cc(CNC)cc(N(C)c2ccccc2OC)n1. The molecule has 0 radical (unpaired) electrons. The maximum absolute atomic E-state index is 5.44. The minimum Gasteiger partial charge on any atom is -0.495 e. The zero-order chi connectivity index (χ0) is 15.2. The summed E-state index contributed by atoms with van der Waals surface area (Å²) in [5.74, 6) is 1.78. The highest BCUT2D eigenvalue weighted by Gasteiger charge is 2.12. The van der Waals surface area contributed by atoms with Gasteiger partial charge in [0.25, 0.3) is 0 Å². The number of rotatable bonds is 6. The van der Waals surface area contributed by atoms with Gasteiger partial charge in [-0.15, -0.1) is 0 Å². The van der Waals surface area contributed by atoms with Crippen LogP contribution in [0.5, 0.6) is 5.75 Å². The summed E-state index contributed by atoms with van der Waals surface area (Å²) in [7, 11) is 5.66. The molecule has 0 spiro atoms. The number of hydrogen-bond acceptors (Lipinski definition) is 4. The molecule has 1 aromatic heterocycles. The number of hydrogen-bond donors (Lipinski definition) is 1. The van der Waals surface area contributed by atoms with Crippen LogP contribution in [0.2, 0.25) is 0 Å². The molecule has 0 saturated carbocycles. The maximum Gasteiger partial charge on any atom is 0.142 e. The van der Waals surface area contributed by atoms with E-state index >= 15 is 0 Å². The summed E-state index contributed by atoms with van der Waals surface area (Å²) in [4.78, 5) is 6.80. The van der Waals surface area contributed by atoms with Gasteiger partial charge in [-0.2, -0.15) is 0 Å². The normalized spacial score (nSPS) is 10.5.